The first-order valence-electron chi connectivity index (χ1n) is 5.89. The van der Waals surface area contributed by atoms with Crippen molar-refractivity contribution in [2.45, 2.75) is 25.5 Å². The van der Waals surface area contributed by atoms with Gasteiger partial charge < -0.3 is 19.8 Å². The van der Waals surface area contributed by atoms with E-state index < -0.39 is 0 Å². The fraction of sp³-hybridized carbons (Fsp3) is 0.583. The van der Waals surface area contributed by atoms with Crippen molar-refractivity contribution in [3.05, 3.63) is 23.7 Å². The summed E-state index contributed by atoms with van der Waals surface area (Å²) in [6, 6.07) is 3.64. The van der Waals surface area contributed by atoms with Gasteiger partial charge in [-0.25, -0.2) is 0 Å². The van der Waals surface area contributed by atoms with Gasteiger partial charge in [0.15, 0.2) is 5.76 Å². The average molecular weight is 238 g/mol. The molecule has 2 N–H and O–H groups in total. The molecule has 0 radical (unpaired) electrons. The summed E-state index contributed by atoms with van der Waals surface area (Å²) in [7, 11) is 1.59. The summed E-state index contributed by atoms with van der Waals surface area (Å²) in [5.41, 5.74) is 0. The highest BCUT2D eigenvalue weighted by Crippen LogP contribution is 2.10. The third-order valence-corrected chi connectivity index (χ3v) is 2.80. The predicted octanol–water partition coefficient (Wildman–Crippen LogP) is 0.908. The van der Waals surface area contributed by atoms with E-state index in [-0.39, 0.29) is 11.9 Å². The number of nitrogens with one attached hydrogen (secondary N) is 2. The van der Waals surface area contributed by atoms with Crippen LogP contribution in [0, 0.1) is 0 Å². The topological polar surface area (TPSA) is 63.5 Å². The Hall–Kier alpha value is -1.33. The lowest BCUT2D eigenvalue weighted by Gasteiger charge is -2.23. The maximum absolute atomic E-state index is 11.9. The van der Waals surface area contributed by atoms with Crippen LogP contribution in [0.5, 0.6) is 0 Å². The van der Waals surface area contributed by atoms with Crippen molar-refractivity contribution in [1.29, 1.82) is 0 Å². The first-order valence-corrected chi connectivity index (χ1v) is 5.89. The number of furan rings is 1. The van der Waals surface area contributed by atoms with E-state index in [1.165, 1.54) is 0 Å². The van der Waals surface area contributed by atoms with Crippen LogP contribution in [0.4, 0.5) is 0 Å². The molecule has 17 heavy (non-hydrogen) atoms. The minimum Gasteiger partial charge on any atom is -0.453 e. The molecule has 1 aromatic rings. The third-order valence-electron chi connectivity index (χ3n) is 2.80. The molecule has 1 saturated heterocycles. The van der Waals surface area contributed by atoms with E-state index in [4.69, 9.17) is 9.15 Å². The number of methoxy groups -OCH3 is 1. The van der Waals surface area contributed by atoms with Gasteiger partial charge in [0.05, 0.1) is 0 Å². The molecule has 0 aromatic carbocycles. The molecule has 2 heterocycles. The van der Waals surface area contributed by atoms with E-state index in [1.54, 1.807) is 19.2 Å². The largest absolute Gasteiger partial charge is 0.453 e. The van der Waals surface area contributed by atoms with Gasteiger partial charge in [-0.1, -0.05) is 0 Å². The Morgan fingerprint density at radius 2 is 2.53 bits per heavy atom. The first-order chi connectivity index (χ1) is 8.29. The fourth-order valence-electron chi connectivity index (χ4n) is 1.95. The molecule has 1 aromatic heterocycles. The van der Waals surface area contributed by atoms with Crippen LogP contribution in [0.2, 0.25) is 0 Å². The quantitative estimate of drug-likeness (QED) is 0.818. The van der Waals surface area contributed by atoms with E-state index in [0.717, 1.165) is 25.9 Å². The maximum Gasteiger partial charge on any atom is 0.287 e. The van der Waals surface area contributed by atoms with Crippen molar-refractivity contribution in [2.75, 3.05) is 20.2 Å². The SMILES string of the molecule is COCc1ccc(C(=O)NC2CCCNC2)o1. The smallest absolute Gasteiger partial charge is 0.287 e. The number of carbonyl (C=O) groups excluding carboxylic acids is 1. The zero-order valence-electron chi connectivity index (χ0n) is 9.99. The lowest BCUT2D eigenvalue weighted by atomic mass is 10.1. The summed E-state index contributed by atoms with van der Waals surface area (Å²) in [5, 5.41) is 6.21. The zero-order chi connectivity index (χ0) is 12.1. The van der Waals surface area contributed by atoms with Gasteiger partial charge in [-0.2, -0.15) is 0 Å². The highest BCUT2D eigenvalue weighted by molar-refractivity contribution is 5.91. The van der Waals surface area contributed by atoms with E-state index in [1.807, 2.05) is 0 Å². The molecule has 94 valence electrons. The molecule has 1 atom stereocenters. The number of rotatable bonds is 4. The number of carbonyl (C=O) groups is 1. The highest BCUT2D eigenvalue weighted by Gasteiger charge is 2.18. The second kappa shape index (κ2) is 5.84. The van der Waals surface area contributed by atoms with Gasteiger partial charge in [-0.15, -0.1) is 0 Å². The van der Waals surface area contributed by atoms with Gasteiger partial charge in [0, 0.05) is 19.7 Å². The molecule has 1 fully saturated rings. The molecule has 2 rings (SSSR count). The van der Waals surface area contributed by atoms with Crippen molar-refractivity contribution in [2.24, 2.45) is 0 Å². The number of ether oxygens (including phenoxy) is 1. The lowest BCUT2D eigenvalue weighted by Crippen LogP contribution is -2.45. The minimum atomic E-state index is -0.152. The molecular formula is C12H18N2O3. The van der Waals surface area contributed by atoms with Crippen LogP contribution in [0.3, 0.4) is 0 Å². The Morgan fingerprint density at radius 3 is 3.24 bits per heavy atom. The summed E-state index contributed by atoms with van der Waals surface area (Å²) in [5.74, 6) is 0.864. The van der Waals surface area contributed by atoms with Gasteiger partial charge in [-0.3, -0.25) is 4.79 Å². The van der Waals surface area contributed by atoms with Crippen LogP contribution < -0.4 is 10.6 Å². The van der Waals surface area contributed by atoms with Gasteiger partial charge in [0.1, 0.15) is 12.4 Å². The summed E-state index contributed by atoms with van der Waals surface area (Å²) < 4.78 is 10.3. The van der Waals surface area contributed by atoms with Crippen molar-refractivity contribution < 1.29 is 13.9 Å². The Kier molecular flexibility index (Phi) is 4.17. The van der Waals surface area contributed by atoms with Crippen LogP contribution in [0.25, 0.3) is 0 Å². The molecule has 0 bridgehead atoms. The monoisotopic (exact) mass is 238 g/mol. The zero-order valence-corrected chi connectivity index (χ0v) is 9.99. The van der Waals surface area contributed by atoms with Crippen molar-refractivity contribution in [1.82, 2.24) is 10.6 Å². The van der Waals surface area contributed by atoms with Crippen molar-refractivity contribution in [3.8, 4) is 0 Å². The maximum atomic E-state index is 11.9. The summed E-state index contributed by atoms with van der Waals surface area (Å²) in [6.45, 7) is 2.25. The Labute approximate surface area is 101 Å². The second-order valence-corrected chi connectivity index (χ2v) is 4.22. The van der Waals surface area contributed by atoms with Gasteiger partial charge >= 0.3 is 0 Å². The number of piperidine rings is 1. The van der Waals surface area contributed by atoms with Crippen LogP contribution >= 0.6 is 0 Å². The molecular weight excluding hydrogens is 220 g/mol. The van der Waals surface area contributed by atoms with Crippen LogP contribution in [-0.4, -0.2) is 32.1 Å². The van der Waals surface area contributed by atoms with E-state index in [2.05, 4.69) is 10.6 Å². The number of amides is 1. The Bertz CT molecular complexity index is 370. The third kappa shape index (κ3) is 3.31. The molecule has 5 nitrogen and oxygen atoms in total. The van der Waals surface area contributed by atoms with E-state index >= 15 is 0 Å². The Balaban J connectivity index is 1.89. The van der Waals surface area contributed by atoms with Gasteiger partial charge in [0.25, 0.3) is 5.91 Å². The summed E-state index contributed by atoms with van der Waals surface area (Å²) in [6.07, 6.45) is 2.11. The second-order valence-electron chi connectivity index (χ2n) is 4.22. The van der Waals surface area contributed by atoms with Crippen LogP contribution in [-0.2, 0) is 11.3 Å². The average Bonchev–Trinajstić information content (AvgIpc) is 2.79. The standard InChI is InChI=1S/C12H18N2O3/c1-16-8-10-4-5-11(17-10)12(15)14-9-3-2-6-13-7-9/h4-5,9,13H,2-3,6-8H2,1H3,(H,14,15). The number of hydrogen-bond acceptors (Lipinski definition) is 4. The van der Waals surface area contributed by atoms with E-state index in [0.29, 0.717) is 18.1 Å². The molecule has 5 heteroatoms. The first kappa shape index (κ1) is 12.1. The highest BCUT2D eigenvalue weighted by atomic mass is 16.5. The van der Waals surface area contributed by atoms with Crippen molar-refractivity contribution in [3.63, 3.8) is 0 Å². The van der Waals surface area contributed by atoms with Gasteiger partial charge in [-0.05, 0) is 31.5 Å². The predicted molar refractivity (Wildman–Crippen MR) is 62.8 cm³/mol. The molecule has 0 aliphatic carbocycles. The molecule has 0 saturated carbocycles. The number of hydrogen-bond donors (Lipinski definition) is 2. The van der Waals surface area contributed by atoms with Crippen LogP contribution in [0.1, 0.15) is 29.2 Å². The molecule has 1 aliphatic heterocycles. The lowest BCUT2D eigenvalue weighted by molar-refractivity contribution is 0.0894. The summed E-state index contributed by atoms with van der Waals surface area (Å²) in [4.78, 5) is 11.9. The molecule has 0 spiro atoms. The van der Waals surface area contributed by atoms with Gasteiger partial charge in [0.2, 0.25) is 0 Å². The summed E-state index contributed by atoms with van der Waals surface area (Å²) >= 11 is 0. The van der Waals surface area contributed by atoms with Crippen molar-refractivity contribution >= 4 is 5.91 Å². The normalized spacial score (nSPS) is 20.2. The molecule has 1 amide bonds. The molecule has 1 aliphatic rings. The fourth-order valence-corrected chi connectivity index (χ4v) is 1.95. The van der Waals surface area contributed by atoms with E-state index in [9.17, 15) is 4.79 Å². The Morgan fingerprint density at radius 1 is 1.65 bits per heavy atom. The molecule has 1 unspecified atom stereocenters. The minimum absolute atomic E-state index is 0.152. The van der Waals surface area contributed by atoms with Crippen LogP contribution in [0.15, 0.2) is 16.5 Å².